The highest BCUT2D eigenvalue weighted by atomic mass is 16.9. The second-order valence-corrected chi connectivity index (χ2v) is 1.37. The molecule has 82 valence electrons. The molecule has 1 atom stereocenters. The van der Waals surface area contributed by atoms with Crippen LogP contribution in [-0.2, 0) is 4.79 Å². The molecule has 0 amide bonds. The first kappa shape index (κ1) is 22.5. The van der Waals surface area contributed by atoms with Gasteiger partial charge in [-0.2, -0.15) is 0 Å². The minimum absolute atomic E-state index is 0. The van der Waals surface area contributed by atoms with Crippen molar-refractivity contribution < 1.29 is 25.3 Å². The normalized spacial score (nSPS) is 9.08. The van der Waals surface area contributed by atoms with Gasteiger partial charge in [-0.15, -0.1) is 10.1 Å². The fourth-order valence-electron chi connectivity index (χ4n) is 0.0781. The van der Waals surface area contributed by atoms with Crippen molar-refractivity contribution in [1.82, 2.24) is 12.3 Å². The third kappa shape index (κ3) is 37.4. The first-order valence-corrected chi connectivity index (χ1v) is 2.34. The van der Waals surface area contributed by atoms with Crippen LogP contribution in [0.4, 0.5) is 0 Å². The van der Waals surface area contributed by atoms with Crippen molar-refractivity contribution in [2.75, 3.05) is 6.61 Å². The molecule has 0 saturated heterocycles. The number of nitrogens with zero attached hydrogens (tertiary/aromatic N) is 1. The van der Waals surface area contributed by atoms with Crippen molar-refractivity contribution in [3.63, 3.8) is 0 Å². The van der Waals surface area contributed by atoms with E-state index in [-0.39, 0.29) is 12.3 Å². The summed E-state index contributed by atoms with van der Waals surface area (Å²) in [5.74, 6) is -1.18. The van der Waals surface area contributed by atoms with E-state index in [2.05, 4.69) is 0 Å². The van der Waals surface area contributed by atoms with Crippen LogP contribution >= 0.6 is 0 Å². The van der Waals surface area contributed by atoms with Gasteiger partial charge in [-0.25, -0.2) is 0 Å². The van der Waals surface area contributed by atoms with Gasteiger partial charge in [-0.3, -0.25) is 4.79 Å². The summed E-state index contributed by atoms with van der Waals surface area (Å²) in [7, 11) is 0. The Kier molecular flexibility index (Phi) is 22.8. The van der Waals surface area contributed by atoms with Gasteiger partial charge in [0.2, 0.25) is 0 Å². The first-order valence-electron chi connectivity index (χ1n) is 2.34. The summed E-state index contributed by atoms with van der Waals surface area (Å²) in [6.07, 6.45) is 0. The predicted molar refractivity (Wildman–Crippen MR) is 41.5 cm³/mol. The fraction of sp³-hybridized carbons (Fsp3) is 0.667. The predicted octanol–water partition coefficient (Wildman–Crippen LogP) is -1.63. The molecule has 0 rings (SSSR count). The van der Waals surface area contributed by atoms with E-state index in [4.69, 9.17) is 31.3 Å². The molecule has 0 saturated carbocycles. The van der Waals surface area contributed by atoms with E-state index in [0.717, 1.165) is 0 Å². The van der Waals surface area contributed by atoms with Crippen LogP contribution in [0.5, 0.6) is 0 Å². The van der Waals surface area contributed by atoms with Gasteiger partial charge in [0.25, 0.3) is 5.09 Å². The number of nitrogens with two attached hydrogens (primary N) is 1. The van der Waals surface area contributed by atoms with Gasteiger partial charge in [0.1, 0.15) is 6.04 Å². The second-order valence-electron chi connectivity index (χ2n) is 1.37. The monoisotopic (exact) mass is 202 g/mol. The SMILES string of the molecule is N.N.N[C@@H](CO)C(=O)O.O=[N+]([O-])O. The Morgan fingerprint density at radius 1 is 1.54 bits per heavy atom. The lowest BCUT2D eigenvalue weighted by atomic mass is 10.3. The maximum Gasteiger partial charge on any atom is 0.322 e. The number of carboxylic acids is 1. The highest BCUT2D eigenvalue weighted by Gasteiger charge is 2.06. The number of aliphatic carboxylic acids is 1. The molecule has 0 aliphatic carbocycles. The van der Waals surface area contributed by atoms with Gasteiger partial charge in [-0.05, 0) is 0 Å². The van der Waals surface area contributed by atoms with Crippen LogP contribution < -0.4 is 18.0 Å². The van der Waals surface area contributed by atoms with Crippen LogP contribution in [0.25, 0.3) is 0 Å². The number of hydrogen-bond acceptors (Lipinski definition) is 7. The summed E-state index contributed by atoms with van der Waals surface area (Å²) >= 11 is 0. The maximum absolute atomic E-state index is 9.65. The van der Waals surface area contributed by atoms with Crippen LogP contribution in [0, 0.1) is 10.1 Å². The lowest BCUT2D eigenvalue weighted by Crippen LogP contribution is -2.33. The number of carboxylic acid groups (broad SMARTS) is 1. The van der Waals surface area contributed by atoms with E-state index >= 15 is 0 Å². The zero-order chi connectivity index (χ0) is 9.44. The second kappa shape index (κ2) is 13.1. The molecule has 0 spiro atoms. The Labute approximate surface area is 73.2 Å². The summed E-state index contributed by atoms with van der Waals surface area (Å²) in [4.78, 5) is 18.0. The Balaban J connectivity index is -0.0000000600. The van der Waals surface area contributed by atoms with E-state index in [1.54, 1.807) is 0 Å². The van der Waals surface area contributed by atoms with E-state index in [1.165, 1.54) is 0 Å². The van der Waals surface area contributed by atoms with Gasteiger partial charge in [0.15, 0.2) is 0 Å². The van der Waals surface area contributed by atoms with Crippen molar-refractivity contribution in [2.45, 2.75) is 6.04 Å². The van der Waals surface area contributed by atoms with E-state index < -0.39 is 23.7 Å². The van der Waals surface area contributed by atoms with Crippen LogP contribution in [0.15, 0.2) is 0 Å². The Bertz CT molecular complexity index is 136. The standard InChI is InChI=1S/C3H7NO3.HNO3.2H3N/c4-2(1-5)3(6)7;2-1(3)4;;/h2,5H,1,4H2,(H,6,7);(H,2,3,4);2*1H3/t2-;;;/m0.../s1. The van der Waals surface area contributed by atoms with Crippen molar-refractivity contribution in [2.24, 2.45) is 5.73 Å². The van der Waals surface area contributed by atoms with Gasteiger partial charge in [-0.1, -0.05) is 0 Å². The van der Waals surface area contributed by atoms with Crippen molar-refractivity contribution in [3.8, 4) is 0 Å². The molecule has 0 radical (unpaired) electrons. The summed E-state index contributed by atoms with van der Waals surface area (Å²) in [5.41, 5.74) is 4.77. The van der Waals surface area contributed by atoms with Crippen LogP contribution in [0.3, 0.4) is 0 Å². The third-order valence-electron chi connectivity index (χ3n) is 0.514. The van der Waals surface area contributed by atoms with E-state index in [9.17, 15) is 4.79 Å². The largest absolute Gasteiger partial charge is 0.480 e. The molecule has 10 heteroatoms. The molecule has 11 N–H and O–H groups in total. The van der Waals surface area contributed by atoms with Crippen molar-refractivity contribution >= 4 is 5.97 Å². The number of carbonyl (C=O) groups is 1. The van der Waals surface area contributed by atoms with Crippen molar-refractivity contribution in [3.05, 3.63) is 10.1 Å². The molecule has 0 aliphatic heterocycles. The summed E-state index contributed by atoms with van der Waals surface area (Å²) in [5, 5.41) is 29.5. The minimum Gasteiger partial charge on any atom is -0.480 e. The Hall–Kier alpha value is -1.49. The average Bonchev–Trinajstić information content (AvgIpc) is 1.85. The molecule has 0 aromatic heterocycles. The van der Waals surface area contributed by atoms with Gasteiger partial charge in [0.05, 0.1) is 6.61 Å². The maximum atomic E-state index is 9.65. The molecule has 0 fully saturated rings. The fourth-order valence-corrected chi connectivity index (χ4v) is 0.0781. The summed E-state index contributed by atoms with van der Waals surface area (Å²) < 4.78 is 0. The van der Waals surface area contributed by atoms with Crippen molar-refractivity contribution in [1.29, 1.82) is 0 Å². The van der Waals surface area contributed by atoms with Crippen LogP contribution in [0.1, 0.15) is 0 Å². The molecule has 0 bridgehead atoms. The third-order valence-corrected chi connectivity index (χ3v) is 0.514. The number of aliphatic hydroxyl groups is 1. The van der Waals surface area contributed by atoms with Gasteiger partial charge >= 0.3 is 5.97 Å². The molecule has 0 aromatic carbocycles. The van der Waals surface area contributed by atoms with Crippen LogP contribution in [0.2, 0.25) is 0 Å². The topological polar surface area (TPSA) is 217 Å². The minimum atomic E-state index is -1.50. The summed E-state index contributed by atoms with van der Waals surface area (Å²) in [6, 6.07) is -1.13. The quantitative estimate of drug-likeness (QED) is 0.223. The molecular weight excluding hydrogens is 188 g/mol. The molecule has 0 aromatic rings. The molecule has 10 nitrogen and oxygen atoms in total. The Morgan fingerprint density at radius 3 is 1.77 bits per heavy atom. The van der Waals surface area contributed by atoms with E-state index in [0.29, 0.717) is 0 Å². The van der Waals surface area contributed by atoms with Gasteiger partial charge in [0, 0.05) is 0 Å². The number of rotatable bonds is 2. The molecule has 13 heavy (non-hydrogen) atoms. The smallest absolute Gasteiger partial charge is 0.322 e. The zero-order valence-corrected chi connectivity index (χ0v) is 6.79. The lowest BCUT2D eigenvalue weighted by molar-refractivity contribution is -0.742. The Morgan fingerprint density at radius 2 is 1.77 bits per heavy atom. The molecule has 0 unspecified atom stereocenters. The molecule has 0 aliphatic rings. The van der Waals surface area contributed by atoms with Gasteiger partial charge < -0.3 is 33.5 Å². The highest BCUT2D eigenvalue weighted by molar-refractivity contribution is 5.73. The highest BCUT2D eigenvalue weighted by Crippen LogP contribution is 1.71. The zero-order valence-electron chi connectivity index (χ0n) is 6.79. The average molecular weight is 202 g/mol. The number of aliphatic hydroxyl groups excluding tert-OH is 1. The molecular formula is C3H14N4O6. The lowest BCUT2D eigenvalue weighted by Gasteiger charge is -1.96. The number of hydrogen-bond donors (Lipinski definition) is 6. The first-order chi connectivity index (χ1) is 4.91. The molecule has 0 heterocycles. The van der Waals surface area contributed by atoms with Crippen LogP contribution in [-0.4, -0.2) is 39.1 Å². The summed E-state index contributed by atoms with van der Waals surface area (Å²) in [6.45, 7) is -0.505. The van der Waals surface area contributed by atoms with E-state index in [1.807, 2.05) is 0 Å².